The van der Waals surface area contributed by atoms with Gasteiger partial charge < -0.3 is 15.2 Å². The van der Waals surface area contributed by atoms with Crippen LogP contribution in [0.25, 0.3) is 0 Å². The van der Waals surface area contributed by atoms with Gasteiger partial charge in [0, 0.05) is 42.3 Å². The molecule has 2 N–H and O–H groups in total. The molecule has 2 heterocycles. The standard InChI is InChI=1S/C16H17N3O2/c1-10-7-12-8-13(17)3-4-14(12)19(10)16(21)11-5-6-18(2)15(20)9-11/h3-6,8-10H,7,17H2,1-2H3. The van der Waals surface area contributed by atoms with Gasteiger partial charge in [-0.2, -0.15) is 0 Å². The average Bonchev–Trinajstić information content (AvgIpc) is 2.76. The van der Waals surface area contributed by atoms with E-state index in [9.17, 15) is 9.59 Å². The first-order valence-corrected chi connectivity index (χ1v) is 6.86. The molecule has 108 valence electrons. The predicted octanol–water partition coefficient (Wildman–Crippen LogP) is 1.56. The minimum Gasteiger partial charge on any atom is -0.399 e. The van der Waals surface area contributed by atoms with E-state index < -0.39 is 0 Å². The van der Waals surface area contributed by atoms with E-state index in [2.05, 4.69) is 0 Å². The molecule has 21 heavy (non-hydrogen) atoms. The normalized spacial score (nSPS) is 16.9. The van der Waals surface area contributed by atoms with E-state index in [0.717, 1.165) is 17.7 Å². The van der Waals surface area contributed by atoms with Gasteiger partial charge >= 0.3 is 0 Å². The highest BCUT2D eigenvalue weighted by Gasteiger charge is 2.31. The number of benzene rings is 1. The van der Waals surface area contributed by atoms with Crippen LogP contribution >= 0.6 is 0 Å². The van der Waals surface area contributed by atoms with Crippen LogP contribution in [-0.2, 0) is 13.5 Å². The van der Waals surface area contributed by atoms with E-state index in [4.69, 9.17) is 5.73 Å². The summed E-state index contributed by atoms with van der Waals surface area (Å²) in [6.07, 6.45) is 2.39. The lowest BCUT2D eigenvalue weighted by Gasteiger charge is -2.22. The first kappa shape index (κ1) is 13.4. The summed E-state index contributed by atoms with van der Waals surface area (Å²) in [7, 11) is 1.66. The van der Waals surface area contributed by atoms with Crippen molar-refractivity contribution in [2.24, 2.45) is 7.05 Å². The Bertz CT molecular complexity index is 779. The number of nitrogens with two attached hydrogens (primary N) is 1. The van der Waals surface area contributed by atoms with Crippen molar-refractivity contribution in [3.8, 4) is 0 Å². The van der Waals surface area contributed by atoms with Crippen LogP contribution in [0.15, 0.2) is 41.3 Å². The second kappa shape index (κ2) is 4.77. The topological polar surface area (TPSA) is 68.3 Å². The average molecular weight is 283 g/mol. The molecule has 0 spiro atoms. The molecule has 5 nitrogen and oxygen atoms in total. The number of rotatable bonds is 1. The van der Waals surface area contributed by atoms with E-state index in [1.807, 2.05) is 19.1 Å². The van der Waals surface area contributed by atoms with Crippen molar-refractivity contribution < 1.29 is 4.79 Å². The van der Waals surface area contributed by atoms with E-state index >= 15 is 0 Å². The van der Waals surface area contributed by atoms with E-state index in [1.54, 1.807) is 30.3 Å². The summed E-state index contributed by atoms with van der Waals surface area (Å²) in [6.45, 7) is 2.00. The number of anilines is 2. The fourth-order valence-electron chi connectivity index (χ4n) is 2.78. The lowest BCUT2D eigenvalue weighted by Crippen LogP contribution is -2.36. The lowest BCUT2D eigenvalue weighted by atomic mass is 10.1. The molecule has 1 aliphatic rings. The van der Waals surface area contributed by atoms with Gasteiger partial charge in [-0.1, -0.05) is 0 Å². The largest absolute Gasteiger partial charge is 0.399 e. The zero-order chi connectivity index (χ0) is 15.1. The summed E-state index contributed by atoms with van der Waals surface area (Å²) in [5.41, 5.74) is 8.66. The minimum atomic E-state index is -0.190. The molecule has 1 aromatic heterocycles. The molecule has 0 bridgehead atoms. The molecule has 5 heteroatoms. The number of aryl methyl sites for hydroxylation is 1. The van der Waals surface area contributed by atoms with Crippen LogP contribution < -0.4 is 16.2 Å². The van der Waals surface area contributed by atoms with Crippen molar-refractivity contribution in [3.05, 3.63) is 58.0 Å². The number of aromatic nitrogens is 1. The molecule has 2 aromatic rings. The summed E-state index contributed by atoms with van der Waals surface area (Å²) in [6, 6.07) is 8.67. The molecule has 1 aromatic carbocycles. The van der Waals surface area contributed by atoms with Crippen molar-refractivity contribution in [1.82, 2.24) is 4.57 Å². The summed E-state index contributed by atoms with van der Waals surface area (Å²) in [4.78, 5) is 26.2. The minimum absolute atomic E-state index is 0.0540. The van der Waals surface area contributed by atoms with Gasteiger partial charge in [-0.25, -0.2) is 0 Å². The van der Waals surface area contributed by atoms with Crippen LogP contribution in [0.2, 0.25) is 0 Å². The molecule has 0 saturated heterocycles. The molecule has 1 unspecified atom stereocenters. The van der Waals surface area contributed by atoms with Crippen molar-refractivity contribution in [2.75, 3.05) is 10.6 Å². The maximum Gasteiger partial charge on any atom is 0.258 e. The number of pyridine rings is 1. The van der Waals surface area contributed by atoms with Crippen molar-refractivity contribution in [2.45, 2.75) is 19.4 Å². The number of carbonyl (C=O) groups excluding carboxylic acids is 1. The van der Waals surface area contributed by atoms with Gasteiger partial charge in [0.15, 0.2) is 0 Å². The van der Waals surface area contributed by atoms with Crippen LogP contribution in [-0.4, -0.2) is 16.5 Å². The third-order valence-corrected chi connectivity index (χ3v) is 3.89. The van der Waals surface area contributed by atoms with E-state index in [0.29, 0.717) is 11.3 Å². The van der Waals surface area contributed by atoms with E-state index in [-0.39, 0.29) is 17.5 Å². The third-order valence-electron chi connectivity index (χ3n) is 3.89. The van der Waals surface area contributed by atoms with Gasteiger partial charge in [0.05, 0.1) is 0 Å². The Morgan fingerprint density at radius 1 is 1.29 bits per heavy atom. The second-order valence-electron chi connectivity index (χ2n) is 5.48. The van der Waals surface area contributed by atoms with Gasteiger partial charge in [-0.15, -0.1) is 0 Å². The van der Waals surface area contributed by atoms with Crippen LogP contribution in [0.4, 0.5) is 11.4 Å². The van der Waals surface area contributed by atoms with Crippen LogP contribution in [0.3, 0.4) is 0 Å². The molecule has 3 rings (SSSR count). The smallest absolute Gasteiger partial charge is 0.258 e. The summed E-state index contributed by atoms with van der Waals surface area (Å²) < 4.78 is 1.44. The highest BCUT2D eigenvalue weighted by atomic mass is 16.2. The fourth-order valence-corrected chi connectivity index (χ4v) is 2.78. The van der Waals surface area contributed by atoms with Gasteiger partial charge in [0.2, 0.25) is 0 Å². The van der Waals surface area contributed by atoms with Crippen LogP contribution in [0.5, 0.6) is 0 Å². The number of nitrogens with zero attached hydrogens (tertiary/aromatic N) is 2. The predicted molar refractivity (Wildman–Crippen MR) is 82.5 cm³/mol. The summed E-state index contributed by atoms with van der Waals surface area (Å²) in [5, 5.41) is 0. The maximum atomic E-state index is 12.7. The lowest BCUT2D eigenvalue weighted by molar-refractivity contribution is 0.0981. The SMILES string of the molecule is CC1Cc2cc(N)ccc2N1C(=O)c1ccn(C)c(=O)c1. The highest BCUT2D eigenvalue weighted by molar-refractivity contribution is 6.07. The molecule has 0 aliphatic carbocycles. The second-order valence-corrected chi connectivity index (χ2v) is 5.48. The Labute approximate surface area is 122 Å². The van der Waals surface area contributed by atoms with Gasteiger partial charge in [0.25, 0.3) is 11.5 Å². The zero-order valence-electron chi connectivity index (χ0n) is 12.0. The number of hydrogen-bond acceptors (Lipinski definition) is 3. The molecular formula is C16H17N3O2. The van der Waals surface area contributed by atoms with Crippen molar-refractivity contribution in [3.63, 3.8) is 0 Å². The van der Waals surface area contributed by atoms with E-state index in [1.165, 1.54) is 10.6 Å². The molecular weight excluding hydrogens is 266 g/mol. The molecule has 1 aliphatic heterocycles. The van der Waals surface area contributed by atoms with Crippen molar-refractivity contribution >= 4 is 17.3 Å². The Morgan fingerprint density at radius 3 is 2.76 bits per heavy atom. The zero-order valence-corrected chi connectivity index (χ0v) is 12.0. The molecule has 0 radical (unpaired) electrons. The first-order chi connectivity index (χ1) is 9.97. The number of nitrogen functional groups attached to an aromatic ring is 1. The molecule has 0 saturated carbocycles. The first-order valence-electron chi connectivity index (χ1n) is 6.86. The molecule has 1 amide bonds. The van der Waals surface area contributed by atoms with Gasteiger partial charge in [0.1, 0.15) is 0 Å². The molecule has 0 fully saturated rings. The fraction of sp³-hybridized carbons (Fsp3) is 0.250. The number of amides is 1. The van der Waals surface area contributed by atoms with Crippen molar-refractivity contribution in [1.29, 1.82) is 0 Å². The Kier molecular flexibility index (Phi) is 3.05. The third kappa shape index (κ3) is 2.20. The molecule has 1 atom stereocenters. The number of carbonyl (C=O) groups is 1. The quantitative estimate of drug-likeness (QED) is 0.808. The summed E-state index contributed by atoms with van der Waals surface area (Å²) >= 11 is 0. The number of fused-ring (bicyclic) bond motifs is 1. The summed E-state index contributed by atoms with van der Waals surface area (Å²) in [5.74, 6) is -0.149. The number of hydrogen-bond donors (Lipinski definition) is 1. The highest BCUT2D eigenvalue weighted by Crippen LogP contribution is 2.34. The van der Waals surface area contributed by atoms with Crippen LogP contribution in [0, 0.1) is 0 Å². The Morgan fingerprint density at radius 2 is 2.05 bits per heavy atom. The monoisotopic (exact) mass is 283 g/mol. The Hall–Kier alpha value is -2.56. The Balaban J connectivity index is 2.02. The van der Waals surface area contributed by atoms with Gasteiger partial charge in [-0.3, -0.25) is 9.59 Å². The van der Waals surface area contributed by atoms with Gasteiger partial charge in [-0.05, 0) is 43.2 Å². The van der Waals surface area contributed by atoms with Crippen LogP contribution in [0.1, 0.15) is 22.8 Å². The maximum absolute atomic E-state index is 12.7.